The number of likely N-dealkylation sites (N-methyl/N-ethyl adjacent to an activating group) is 1. The van der Waals surface area contributed by atoms with Crippen molar-refractivity contribution in [2.24, 2.45) is 5.92 Å². The molecule has 2 aliphatic rings. The molecule has 0 bridgehead atoms. The number of rotatable bonds is 7. The highest BCUT2D eigenvalue weighted by Gasteiger charge is 2.26. The van der Waals surface area contributed by atoms with E-state index in [1.807, 2.05) is 6.92 Å². The summed E-state index contributed by atoms with van der Waals surface area (Å²) in [5, 5.41) is 0. The van der Waals surface area contributed by atoms with Crippen molar-refractivity contribution < 1.29 is 14.3 Å². The van der Waals surface area contributed by atoms with E-state index in [9.17, 15) is 4.79 Å². The van der Waals surface area contributed by atoms with Gasteiger partial charge in [-0.2, -0.15) is 0 Å². The van der Waals surface area contributed by atoms with Crippen molar-refractivity contribution in [3.63, 3.8) is 0 Å². The van der Waals surface area contributed by atoms with Gasteiger partial charge in [0.25, 0.3) is 5.91 Å². The number of amides is 1. The SMILES string of the molecule is CCN(CC1CCCO1)C(=O)c1cncc(-c2cn(CC3CCOCC3)c(C(C)(C)C)n2)n1. The van der Waals surface area contributed by atoms with Crippen LogP contribution in [0.5, 0.6) is 0 Å². The first-order valence-electron chi connectivity index (χ1n) is 12.2. The maximum atomic E-state index is 13.2. The predicted octanol–water partition coefficient (Wildman–Crippen LogP) is 3.71. The van der Waals surface area contributed by atoms with Crippen LogP contribution in [-0.2, 0) is 21.4 Å². The minimum atomic E-state index is -0.111. The van der Waals surface area contributed by atoms with Crippen molar-refractivity contribution >= 4 is 5.91 Å². The van der Waals surface area contributed by atoms with Gasteiger partial charge in [0, 0.05) is 51.1 Å². The van der Waals surface area contributed by atoms with Gasteiger partial charge in [-0.1, -0.05) is 20.8 Å². The summed E-state index contributed by atoms with van der Waals surface area (Å²) in [6.07, 6.45) is 9.61. The first-order chi connectivity index (χ1) is 15.8. The third-order valence-electron chi connectivity index (χ3n) is 6.48. The third kappa shape index (κ3) is 5.79. The Morgan fingerprint density at radius 1 is 1.12 bits per heavy atom. The molecule has 2 aromatic rings. The average molecular weight is 456 g/mol. The molecule has 180 valence electrons. The van der Waals surface area contributed by atoms with Crippen LogP contribution in [-0.4, -0.2) is 69.3 Å². The molecule has 2 aliphatic heterocycles. The van der Waals surface area contributed by atoms with E-state index in [0.717, 1.165) is 63.6 Å². The lowest BCUT2D eigenvalue weighted by Crippen LogP contribution is -2.37. The summed E-state index contributed by atoms with van der Waals surface area (Å²) in [5.41, 5.74) is 1.63. The van der Waals surface area contributed by atoms with E-state index in [2.05, 4.69) is 41.5 Å². The van der Waals surface area contributed by atoms with Crippen molar-refractivity contribution in [1.82, 2.24) is 24.4 Å². The molecule has 2 aromatic heterocycles. The van der Waals surface area contributed by atoms with Gasteiger partial charge < -0.3 is 18.9 Å². The van der Waals surface area contributed by atoms with Crippen molar-refractivity contribution in [3.8, 4) is 11.4 Å². The lowest BCUT2D eigenvalue weighted by Gasteiger charge is -2.25. The number of imidazole rings is 1. The molecule has 0 aromatic carbocycles. The van der Waals surface area contributed by atoms with Crippen LogP contribution in [0.4, 0.5) is 0 Å². The molecule has 0 spiro atoms. The summed E-state index contributed by atoms with van der Waals surface area (Å²) in [5.74, 6) is 1.49. The molecule has 0 radical (unpaired) electrons. The fraction of sp³-hybridized carbons (Fsp3) is 0.680. The number of hydrogen-bond donors (Lipinski definition) is 0. The van der Waals surface area contributed by atoms with Crippen LogP contribution in [0.15, 0.2) is 18.6 Å². The van der Waals surface area contributed by atoms with Gasteiger partial charge in [0.05, 0.1) is 18.5 Å². The van der Waals surface area contributed by atoms with E-state index in [0.29, 0.717) is 30.4 Å². The molecular weight excluding hydrogens is 418 g/mol. The topological polar surface area (TPSA) is 82.4 Å². The monoisotopic (exact) mass is 455 g/mol. The Morgan fingerprint density at radius 3 is 2.58 bits per heavy atom. The summed E-state index contributed by atoms with van der Waals surface area (Å²) in [4.78, 5) is 28.9. The lowest BCUT2D eigenvalue weighted by atomic mass is 9.94. The zero-order valence-corrected chi connectivity index (χ0v) is 20.4. The van der Waals surface area contributed by atoms with Crippen molar-refractivity contribution in [3.05, 3.63) is 30.1 Å². The fourth-order valence-corrected chi connectivity index (χ4v) is 4.63. The number of aromatic nitrogens is 4. The van der Waals surface area contributed by atoms with E-state index in [4.69, 9.17) is 14.5 Å². The Balaban J connectivity index is 1.57. The van der Waals surface area contributed by atoms with E-state index < -0.39 is 0 Å². The van der Waals surface area contributed by atoms with Gasteiger partial charge in [0.2, 0.25) is 0 Å². The summed E-state index contributed by atoms with van der Waals surface area (Å²) in [7, 11) is 0. The Hall–Kier alpha value is -2.32. The zero-order valence-electron chi connectivity index (χ0n) is 20.4. The summed E-state index contributed by atoms with van der Waals surface area (Å²) in [6.45, 7) is 13.1. The number of ether oxygens (including phenoxy) is 2. The van der Waals surface area contributed by atoms with Crippen LogP contribution in [0.1, 0.15) is 69.7 Å². The van der Waals surface area contributed by atoms with Crippen LogP contribution < -0.4 is 0 Å². The molecule has 4 rings (SSSR count). The van der Waals surface area contributed by atoms with Crippen molar-refractivity contribution in [1.29, 1.82) is 0 Å². The largest absolute Gasteiger partial charge is 0.381 e. The normalized spacial score (nSPS) is 19.7. The van der Waals surface area contributed by atoms with Crippen LogP contribution in [0.3, 0.4) is 0 Å². The number of nitrogens with zero attached hydrogens (tertiary/aromatic N) is 5. The summed E-state index contributed by atoms with van der Waals surface area (Å²) in [6, 6.07) is 0. The highest BCUT2D eigenvalue weighted by atomic mass is 16.5. The Kier molecular flexibility index (Phi) is 7.44. The van der Waals surface area contributed by atoms with Gasteiger partial charge in [-0.3, -0.25) is 9.78 Å². The maximum absolute atomic E-state index is 13.2. The molecule has 8 nitrogen and oxygen atoms in total. The second-order valence-corrected chi connectivity index (χ2v) is 10.2. The molecular formula is C25H37N5O3. The molecule has 1 amide bonds. The van der Waals surface area contributed by atoms with Crippen LogP contribution in [0.2, 0.25) is 0 Å². The standard InChI is InChI=1S/C25H37N5O3/c1-5-29(16-19-7-6-10-33-19)23(31)21-14-26-13-20(27-21)22-17-30(24(28-22)25(2,3)4)15-18-8-11-32-12-9-18/h13-14,17-19H,5-12,15-16H2,1-4H3. The number of carbonyl (C=O) groups is 1. The zero-order chi connectivity index (χ0) is 23.4. The lowest BCUT2D eigenvalue weighted by molar-refractivity contribution is 0.0534. The summed E-state index contributed by atoms with van der Waals surface area (Å²) < 4.78 is 13.5. The highest BCUT2D eigenvalue weighted by Crippen LogP contribution is 2.28. The minimum Gasteiger partial charge on any atom is -0.381 e. The van der Waals surface area contributed by atoms with Gasteiger partial charge in [0.1, 0.15) is 22.9 Å². The van der Waals surface area contributed by atoms with E-state index in [1.165, 1.54) is 0 Å². The van der Waals surface area contributed by atoms with E-state index in [-0.39, 0.29) is 17.4 Å². The Morgan fingerprint density at radius 2 is 1.91 bits per heavy atom. The van der Waals surface area contributed by atoms with E-state index in [1.54, 1.807) is 17.3 Å². The van der Waals surface area contributed by atoms with Crippen LogP contribution in [0.25, 0.3) is 11.4 Å². The average Bonchev–Trinajstić information content (AvgIpc) is 3.48. The third-order valence-corrected chi connectivity index (χ3v) is 6.48. The molecule has 2 saturated heterocycles. The second kappa shape index (κ2) is 10.3. The number of carbonyl (C=O) groups excluding carboxylic acids is 1. The first kappa shape index (κ1) is 23.8. The Bertz CT molecular complexity index is 940. The number of hydrogen-bond acceptors (Lipinski definition) is 6. The molecule has 0 N–H and O–H groups in total. The van der Waals surface area contributed by atoms with Crippen molar-refractivity contribution in [2.75, 3.05) is 32.9 Å². The van der Waals surface area contributed by atoms with Gasteiger partial charge in [-0.25, -0.2) is 9.97 Å². The first-order valence-corrected chi connectivity index (χ1v) is 12.2. The predicted molar refractivity (Wildman–Crippen MR) is 126 cm³/mol. The van der Waals surface area contributed by atoms with Gasteiger partial charge in [-0.05, 0) is 38.5 Å². The molecule has 1 unspecified atom stereocenters. The maximum Gasteiger partial charge on any atom is 0.274 e. The van der Waals surface area contributed by atoms with Crippen LogP contribution >= 0.6 is 0 Å². The minimum absolute atomic E-state index is 0.107. The Labute approximate surface area is 196 Å². The van der Waals surface area contributed by atoms with E-state index >= 15 is 0 Å². The smallest absolute Gasteiger partial charge is 0.274 e. The molecule has 33 heavy (non-hydrogen) atoms. The quantitative estimate of drug-likeness (QED) is 0.633. The second-order valence-electron chi connectivity index (χ2n) is 10.2. The molecule has 0 aliphatic carbocycles. The molecule has 4 heterocycles. The van der Waals surface area contributed by atoms with Gasteiger partial charge in [0.15, 0.2) is 0 Å². The van der Waals surface area contributed by atoms with Crippen molar-refractivity contribution in [2.45, 2.75) is 71.4 Å². The fourth-order valence-electron chi connectivity index (χ4n) is 4.63. The molecule has 0 saturated carbocycles. The van der Waals surface area contributed by atoms with Crippen LogP contribution in [0, 0.1) is 5.92 Å². The molecule has 2 fully saturated rings. The molecule has 8 heteroatoms. The molecule has 1 atom stereocenters. The highest BCUT2D eigenvalue weighted by molar-refractivity contribution is 5.92. The summed E-state index contributed by atoms with van der Waals surface area (Å²) >= 11 is 0. The van der Waals surface area contributed by atoms with Gasteiger partial charge in [-0.15, -0.1) is 0 Å². The van der Waals surface area contributed by atoms with Gasteiger partial charge >= 0.3 is 0 Å².